The van der Waals surface area contributed by atoms with E-state index < -0.39 is 17.9 Å². The summed E-state index contributed by atoms with van der Waals surface area (Å²) >= 11 is 5.72. The predicted molar refractivity (Wildman–Crippen MR) is 79.7 cm³/mol. The molecule has 22 heavy (non-hydrogen) atoms. The summed E-state index contributed by atoms with van der Waals surface area (Å²) in [5.74, 6) is -0.629. The molecule has 0 spiro atoms. The van der Waals surface area contributed by atoms with Crippen molar-refractivity contribution in [3.8, 4) is 0 Å². The maximum absolute atomic E-state index is 13.9. The van der Waals surface area contributed by atoms with Gasteiger partial charge in [0.25, 0.3) is 0 Å². The number of aliphatic carboxylic acids is 1. The average molecular weight is 329 g/mol. The number of carboxylic acid groups (broad SMARTS) is 1. The smallest absolute Gasteiger partial charge is 0.332 e. The van der Waals surface area contributed by atoms with E-state index in [-0.39, 0.29) is 11.1 Å². The number of halogens is 2. The van der Waals surface area contributed by atoms with E-state index in [9.17, 15) is 9.18 Å². The minimum Gasteiger partial charge on any atom is -0.479 e. The monoisotopic (exact) mass is 328 g/mol. The van der Waals surface area contributed by atoms with Crippen LogP contribution in [-0.4, -0.2) is 41.4 Å². The summed E-state index contributed by atoms with van der Waals surface area (Å²) in [7, 11) is 0. The van der Waals surface area contributed by atoms with Crippen LogP contribution in [0, 0.1) is 11.7 Å². The molecule has 2 fully saturated rings. The Labute approximate surface area is 133 Å². The third-order valence-electron chi connectivity index (χ3n) is 4.48. The minimum atomic E-state index is -0.882. The number of nitrogens with zero attached hydrogens (tertiary/aromatic N) is 2. The lowest BCUT2D eigenvalue weighted by atomic mass is 9.89. The number of pyridine rings is 1. The van der Waals surface area contributed by atoms with E-state index in [0.29, 0.717) is 31.2 Å². The molecule has 0 radical (unpaired) electrons. The van der Waals surface area contributed by atoms with Crippen molar-refractivity contribution in [1.82, 2.24) is 4.98 Å². The second kappa shape index (κ2) is 6.38. The van der Waals surface area contributed by atoms with Crippen LogP contribution < -0.4 is 4.90 Å². The Bertz CT molecular complexity index is 564. The van der Waals surface area contributed by atoms with Crippen LogP contribution in [0.2, 0.25) is 5.02 Å². The Morgan fingerprint density at radius 1 is 1.36 bits per heavy atom. The molecule has 7 heteroatoms. The van der Waals surface area contributed by atoms with E-state index in [4.69, 9.17) is 21.4 Å². The number of piperidine rings is 1. The van der Waals surface area contributed by atoms with Crippen molar-refractivity contribution in [2.24, 2.45) is 5.92 Å². The Morgan fingerprint density at radius 3 is 2.68 bits per heavy atom. The molecule has 3 rings (SSSR count). The third kappa shape index (κ3) is 3.17. The van der Waals surface area contributed by atoms with Crippen molar-refractivity contribution in [2.75, 3.05) is 18.0 Å². The largest absolute Gasteiger partial charge is 0.479 e. The van der Waals surface area contributed by atoms with Crippen molar-refractivity contribution in [2.45, 2.75) is 37.9 Å². The van der Waals surface area contributed by atoms with Gasteiger partial charge in [0, 0.05) is 19.3 Å². The number of carboxylic acids is 1. The molecule has 3 heterocycles. The van der Waals surface area contributed by atoms with Crippen LogP contribution in [0.15, 0.2) is 12.3 Å². The van der Waals surface area contributed by atoms with Gasteiger partial charge in [0.15, 0.2) is 17.7 Å². The highest BCUT2D eigenvalue weighted by Gasteiger charge is 2.36. The molecule has 1 aromatic heterocycles. The van der Waals surface area contributed by atoms with Crippen molar-refractivity contribution in [1.29, 1.82) is 0 Å². The highest BCUT2D eigenvalue weighted by atomic mass is 35.5. The van der Waals surface area contributed by atoms with Gasteiger partial charge in [-0.25, -0.2) is 14.2 Å². The molecular formula is C15H18ClFN2O3. The molecule has 5 nitrogen and oxygen atoms in total. The molecule has 2 aliphatic heterocycles. The number of anilines is 1. The van der Waals surface area contributed by atoms with Gasteiger partial charge in [-0.05, 0) is 37.7 Å². The Kier molecular flexibility index (Phi) is 4.49. The molecule has 1 N–H and O–H groups in total. The summed E-state index contributed by atoms with van der Waals surface area (Å²) in [4.78, 5) is 16.9. The lowest BCUT2D eigenvalue weighted by molar-refractivity contribution is -0.150. The lowest BCUT2D eigenvalue weighted by Crippen LogP contribution is -2.39. The van der Waals surface area contributed by atoms with Crippen molar-refractivity contribution in [3.63, 3.8) is 0 Å². The van der Waals surface area contributed by atoms with E-state index in [1.54, 1.807) is 0 Å². The zero-order valence-electron chi connectivity index (χ0n) is 12.0. The first-order valence-electron chi connectivity index (χ1n) is 7.49. The molecule has 0 bridgehead atoms. The summed E-state index contributed by atoms with van der Waals surface area (Å²) in [6.45, 7) is 1.38. The van der Waals surface area contributed by atoms with Gasteiger partial charge >= 0.3 is 5.97 Å². The summed E-state index contributed by atoms with van der Waals surface area (Å²) in [6.07, 6.45) is 3.85. The van der Waals surface area contributed by atoms with Gasteiger partial charge in [0.1, 0.15) is 0 Å². The molecule has 0 amide bonds. The van der Waals surface area contributed by atoms with Gasteiger partial charge in [-0.3, -0.25) is 0 Å². The number of ether oxygens (including phenoxy) is 1. The molecule has 2 saturated heterocycles. The van der Waals surface area contributed by atoms with Gasteiger partial charge < -0.3 is 14.7 Å². The topological polar surface area (TPSA) is 62.7 Å². The molecule has 0 aromatic carbocycles. The van der Waals surface area contributed by atoms with Crippen LogP contribution >= 0.6 is 11.6 Å². The molecule has 2 aliphatic rings. The number of hydrogen-bond donors (Lipinski definition) is 1. The summed E-state index contributed by atoms with van der Waals surface area (Å²) < 4.78 is 19.5. The number of carbonyl (C=O) groups is 1. The van der Waals surface area contributed by atoms with E-state index in [0.717, 1.165) is 19.3 Å². The van der Waals surface area contributed by atoms with Gasteiger partial charge in [0.05, 0.1) is 11.1 Å². The zero-order chi connectivity index (χ0) is 15.7. The van der Waals surface area contributed by atoms with Crippen molar-refractivity contribution in [3.05, 3.63) is 23.1 Å². The fraction of sp³-hybridized carbons (Fsp3) is 0.600. The number of aromatic nitrogens is 1. The van der Waals surface area contributed by atoms with Gasteiger partial charge in [0.2, 0.25) is 0 Å². The normalized spacial score (nSPS) is 26.4. The Hall–Kier alpha value is -1.40. The fourth-order valence-electron chi connectivity index (χ4n) is 3.31. The first-order valence-corrected chi connectivity index (χ1v) is 7.86. The second-order valence-corrected chi connectivity index (χ2v) is 6.30. The average Bonchev–Trinajstić information content (AvgIpc) is 2.98. The lowest BCUT2D eigenvalue weighted by Gasteiger charge is -2.35. The Morgan fingerprint density at radius 2 is 2.09 bits per heavy atom. The molecule has 120 valence electrons. The van der Waals surface area contributed by atoms with Crippen molar-refractivity contribution < 1.29 is 19.0 Å². The van der Waals surface area contributed by atoms with E-state index in [1.807, 2.05) is 4.90 Å². The molecule has 1 aromatic rings. The van der Waals surface area contributed by atoms with Crippen LogP contribution in [0.25, 0.3) is 0 Å². The number of rotatable bonds is 3. The predicted octanol–water partition coefficient (Wildman–Crippen LogP) is 2.72. The van der Waals surface area contributed by atoms with E-state index >= 15 is 0 Å². The SMILES string of the molecule is O=C(O)[C@H]1CC[C@@H](C2CCN(c3ncc(Cl)cc3F)CC2)O1. The fourth-order valence-corrected chi connectivity index (χ4v) is 3.46. The quantitative estimate of drug-likeness (QED) is 0.924. The standard InChI is InChI=1S/C15H18ClFN2O3/c16-10-7-11(17)14(18-8-10)19-5-3-9(4-6-19)12-1-2-13(22-12)15(20)21/h7-9,12-13H,1-6H2,(H,20,21)/t12-,13+/m0/s1. The molecule has 0 saturated carbocycles. The Balaban J connectivity index is 1.58. The summed E-state index contributed by atoms with van der Waals surface area (Å²) in [6, 6.07) is 1.27. The van der Waals surface area contributed by atoms with Crippen LogP contribution in [0.3, 0.4) is 0 Å². The summed E-state index contributed by atoms with van der Waals surface area (Å²) in [5, 5.41) is 9.27. The van der Waals surface area contributed by atoms with Gasteiger partial charge in [-0.1, -0.05) is 11.6 Å². The molecular weight excluding hydrogens is 311 g/mol. The van der Waals surface area contributed by atoms with Crippen LogP contribution in [-0.2, 0) is 9.53 Å². The third-order valence-corrected chi connectivity index (χ3v) is 4.69. The highest BCUT2D eigenvalue weighted by Crippen LogP contribution is 2.33. The first kappa shape index (κ1) is 15.5. The van der Waals surface area contributed by atoms with Gasteiger partial charge in [-0.15, -0.1) is 0 Å². The second-order valence-electron chi connectivity index (χ2n) is 5.86. The highest BCUT2D eigenvalue weighted by molar-refractivity contribution is 6.30. The van der Waals surface area contributed by atoms with Gasteiger partial charge in [-0.2, -0.15) is 0 Å². The first-order chi connectivity index (χ1) is 10.5. The maximum Gasteiger partial charge on any atom is 0.332 e. The van der Waals surface area contributed by atoms with E-state index in [2.05, 4.69) is 4.98 Å². The maximum atomic E-state index is 13.9. The molecule has 2 atom stereocenters. The summed E-state index contributed by atoms with van der Waals surface area (Å²) in [5.41, 5.74) is 0. The molecule has 0 aliphatic carbocycles. The van der Waals surface area contributed by atoms with Crippen molar-refractivity contribution >= 4 is 23.4 Å². The van der Waals surface area contributed by atoms with Crippen LogP contribution in [0.5, 0.6) is 0 Å². The minimum absolute atomic E-state index is 0.00581. The van der Waals surface area contributed by atoms with Crippen LogP contribution in [0.4, 0.5) is 10.2 Å². The number of hydrogen-bond acceptors (Lipinski definition) is 4. The molecule has 0 unspecified atom stereocenters. The van der Waals surface area contributed by atoms with Crippen LogP contribution in [0.1, 0.15) is 25.7 Å². The van der Waals surface area contributed by atoms with E-state index in [1.165, 1.54) is 12.3 Å². The zero-order valence-corrected chi connectivity index (χ0v) is 12.8.